The zero-order valence-corrected chi connectivity index (χ0v) is 21.8. The molecule has 0 spiro atoms. The lowest BCUT2D eigenvalue weighted by Crippen LogP contribution is -2.50. The van der Waals surface area contributed by atoms with Gasteiger partial charge in [-0.25, -0.2) is 4.39 Å². The summed E-state index contributed by atoms with van der Waals surface area (Å²) in [6.07, 6.45) is 0.675. The molecule has 0 radical (unpaired) electrons. The fourth-order valence-electron chi connectivity index (χ4n) is 5.05. The normalized spacial score (nSPS) is 17.5. The number of piperazine rings is 1. The van der Waals surface area contributed by atoms with Gasteiger partial charge in [-0.2, -0.15) is 0 Å². The van der Waals surface area contributed by atoms with Crippen LogP contribution in [-0.2, 0) is 16.0 Å². The van der Waals surface area contributed by atoms with Crippen LogP contribution in [0.15, 0.2) is 41.2 Å². The molecule has 3 heterocycles. The molecule has 2 aromatic carbocycles. The van der Waals surface area contributed by atoms with Gasteiger partial charge in [-0.15, -0.1) is 0 Å². The Morgan fingerprint density at radius 1 is 1.13 bits per heavy atom. The van der Waals surface area contributed by atoms with E-state index in [9.17, 15) is 23.6 Å². The van der Waals surface area contributed by atoms with Gasteiger partial charge in [0.25, 0.3) is 11.5 Å². The highest BCUT2D eigenvalue weighted by atomic mass is 35.5. The molecule has 9 nitrogen and oxygen atoms in total. The molecule has 2 aliphatic heterocycles. The van der Waals surface area contributed by atoms with E-state index in [0.717, 1.165) is 17.2 Å². The zero-order valence-electron chi connectivity index (χ0n) is 21.0. The van der Waals surface area contributed by atoms with Crippen LogP contribution >= 0.6 is 11.6 Å². The maximum atomic E-state index is 14.9. The van der Waals surface area contributed by atoms with Gasteiger partial charge in [0.15, 0.2) is 0 Å². The molecule has 1 saturated heterocycles. The molecule has 11 heteroatoms. The summed E-state index contributed by atoms with van der Waals surface area (Å²) < 4.78 is 14.9. The summed E-state index contributed by atoms with van der Waals surface area (Å²) in [7, 11) is 1.66. The first-order chi connectivity index (χ1) is 18.1. The molecule has 3 amide bonds. The number of hydrogen-bond acceptors (Lipinski definition) is 5. The second-order valence-corrected chi connectivity index (χ2v) is 10.1. The Hall–Kier alpha value is -3.92. The average molecular weight is 540 g/mol. The number of rotatable bonds is 4. The number of aromatic nitrogens is 1. The van der Waals surface area contributed by atoms with Gasteiger partial charge in [0.2, 0.25) is 11.8 Å². The third-order valence-corrected chi connectivity index (χ3v) is 7.54. The predicted molar refractivity (Wildman–Crippen MR) is 142 cm³/mol. The molecule has 1 fully saturated rings. The molecule has 0 unspecified atom stereocenters. The minimum absolute atomic E-state index is 0.00870. The predicted octanol–water partition coefficient (Wildman–Crippen LogP) is 2.79. The van der Waals surface area contributed by atoms with Crippen molar-refractivity contribution in [1.82, 2.24) is 19.7 Å². The van der Waals surface area contributed by atoms with E-state index in [1.807, 2.05) is 19.1 Å². The van der Waals surface area contributed by atoms with Crippen molar-refractivity contribution in [2.75, 3.05) is 45.1 Å². The maximum absolute atomic E-state index is 14.9. The summed E-state index contributed by atoms with van der Waals surface area (Å²) in [4.78, 5) is 57.8. The Morgan fingerprint density at radius 3 is 2.68 bits per heavy atom. The number of fused-ring (bicyclic) bond motifs is 2. The van der Waals surface area contributed by atoms with Crippen LogP contribution in [0, 0.1) is 5.82 Å². The van der Waals surface area contributed by atoms with Crippen molar-refractivity contribution in [1.29, 1.82) is 0 Å². The first-order valence-corrected chi connectivity index (χ1v) is 12.7. The van der Waals surface area contributed by atoms with E-state index >= 15 is 0 Å². The fraction of sp³-hybridized carbons (Fsp3) is 0.333. The number of carbonyl (C=O) groups excluding carboxylic acids is 3. The van der Waals surface area contributed by atoms with Gasteiger partial charge in [0.05, 0.1) is 23.7 Å². The summed E-state index contributed by atoms with van der Waals surface area (Å²) in [5.41, 5.74) is 1.58. The summed E-state index contributed by atoms with van der Waals surface area (Å²) in [5.74, 6) is -1.56. The average Bonchev–Trinajstić information content (AvgIpc) is 2.89. The van der Waals surface area contributed by atoms with Gasteiger partial charge in [0.1, 0.15) is 18.1 Å². The number of nitrogens with one attached hydrogen (secondary N) is 2. The Morgan fingerprint density at radius 2 is 1.92 bits per heavy atom. The minimum Gasteiger partial charge on any atom is -0.374 e. The molecule has 1 atom stereocenters. The number of carbonyl (C=O) groups is 3. The van der Waals surface area contributed by atoms with E-state index in [2.05, 4.69) is 10.3 Å². The van der Waals surface area contributed by atoms with Crippen LogP contribution in [0.2, 0.25) is 5.02 Å². The molecule has 2 aliphatic rings. The van der Waals surface area contributed by atoms with Crippen molar-refractivity contribution in [3.8, 4) is 0 Å². The Bertz CT molecular complexity index is 1520. The Kier molecular flexibility index (Phi) is 6.83. The second kappa shape index (κ2) is 10.1. The molecule has 3 aromatic rings. The number of H-pyrrole nitrogens is 1. The van der Waals surface area contributed by atoms with Crippen molar-refractivity contribution < 1.29 is 18.8 Å². The maximum Gasteiger partial charge on any atom is 0.270 e. The first-order valence-electron chi connectivity index (χ1n) is 12.3. The second-order valence-electron chi connectivity index (χ2n) is 9.68. The molecule has 0 bridgehead atoms. The van der Waals surface area contributed by atoms with E-state index in [1.165, 1.54) is 21.9 Å². The molecule has 198 valence electrons. The zero-order chi connectivity index (χ0) is 27.1. The van der Waals surface area contributed by atoms with Crippen molar-refractivity contribution in [3.05, 3.63) is 74.4 Å². The van der Waals surface area contributed by atoms with Gasteiger partial charge in [-0.05, 0) is 60.2 Å². The third kappa shape index (κ3) is 4.83. The summed E-state index contributed by atoms with van der Waals surface area (Å²) in [6.45, 7) is 2.97. The SMILES string of the molecule is C[C@H]1c2ccc(Cl)cc2CCN1C(=O)CNc1cc2cc(C(=O)N3CCN(C)C(=O)C3)[nH]c(=O)c2cc1F. The standard InChI is InChI=1S/C27H27ClFN5O4/c1-15-19-4-3-18(28)9-16(19)5-6-34(15)24(35)13-30-22-10-17-11-23(31-26(37)20(17)12-21(22)29)27(38)33-8-7-32(2)25(36)14-33/h3-4,9-12,15,30H,5-8,13-14H2,1-2H3,(H,31,37)/t15-/m0/s1. The van der Waals surface area contributed by atoms with E-state index in [-0.39, 0.29) is 47.7 Å². The highest BCUT2D eigenvalue weighted by molar-refractivity contribution is 6.30. The van der Waals surface area contributed by atoms with Gasteiger partial charge in [-0.3, -0.25) is 19.2 Å². The fourth-order valence-corrected chi connectivity index (χ4v) is 5.25. The molecular formula is C27H27ClFN5O4. The van der Waals surface area contributed by atoms with Crippen molar-refractivity contribution in [2.24, 2.45) is 0 Å². The summed E-state index contributed by atoms with van der Waals surface area (Å²) >= 11 is 6.10. The van der Waals surface area contributed by atoms with Crippen LogP contribution in [0.5, 0.6) is 0 Å². The van der Waals surface area contributed by atoms with Gasteiger partial charge < -0.3 is 25.0 Å². The van der Waals surface area contributed by atoms with Crippen LogP contribution in [-0.4, -0.2) is 77.2 Å². The van der Waals surface area contributed by atoms with Crippen molar-refractivity contribution in [2.45, 2.75) is 19.4 Å². The molecule has 2 N–H and O–H groups in total. The van der Waals surface area contributed by atoms with Crippen LogP contribution in [0.3, 0.4) is 0 Å². The van der Waals surface area contributed by atoms with Crippen molar-refractivity contribution >= 4 is 45.8 Å². The third-order valence-electron chi connectivity index (χ3n) is 7.30. The molecular weight excluding hydrogens is 513 g/mol. The number of benzene rings is 2. The largest absolute Gasteiger partial charge is 0.374 e. The number of aromatic amines is 1. The smallest absolute Gasteiger partial charge is 0.270 e. The van der Waals surface area contributed by atoms with Crippen LogP contribution in [0.4, 0.5) is 10.1 Å². The number of hydrogen-bond donors (Lipinski definition) is 2. The molecule has 38 heavy (non-hydrogen) atoms. The van der Waals surface area contributed by atoms with E-state index in [1.54, 1.807) is 18.0 Å². The number of halogens is 2. The van der Waals surface area contributed by atoms with Crippen LogP contribution in [0.1, 0.15) is 34.6 Å². The highest BCUT2D eigenvalue weighted by Gasteiger charge is 2.28. The van der Waals surface area contributed by atoms with Gasteiger partial charge in [0, 0.05) is 31.7 Å². The number of nitrogens with zero attached hydrogens (tertiary/aromatic N) is 3. The quantitative estimate of drug-likeness (QED) is 0.530. The topological polar surface area (TPSA) is 106 Å². The van der Waals surface area contributed by atoms with E-state index in [4.69, 9.17) is 11.6 Å². The number of amides is 3. The number of anilines is 1. The lowest BCUT2D eigenvalue weighted by Gasteiger charge is -2.35. The molecule has 1 aromatic heterocycles. The van der Waals surface area contributed by atoms with Gasteiger partial charge in [-0.1, -0.05) is 17.7 Å². The Balaban J connectivity index is 1.34. The number of pyridine rings is 1. The lowest BCUT2D eigenvalue weighted by molar-refractivity contribution is -0.133. The lowest BCUT2D eigenvalue weighted by atomic mass is 9.93. The van der Waals surface area contributed by atoms with E-state index in [0.29, 0.717) is 36.5 Å². The molecule has 0 saturated carbocycles. The van der Waals surface area contributed by atoms with Crippen LogP contribution < -0.4 is 10.9 Å². The number of likely N-dealkylation sites (N-methyl/N-ethyl adjacent to an activating group) is 1. The van der Waals surface area contributed by atoms with Crippen molar-refractivity contribution in [3.63, 3.8) is 0 Å². The Labute approximate surface area is 223 Å². The van der Waals surface area contributed by atoms with E-state index < -0.39 is 17.3 Å². The monoisotopic (exact) mass is 539 g/mol. The summed E-state index contributed by atoms with van der Waals surface area (Å²) in [6, 6.07) is 9.44. The van der Waals surface area contributed by atoms with Crippen LogP contribution in [0.25, 0.3) is 10.8 Å². The molecule has 0 aliphatic carbocycles. The first kappa shape index (κ1) is 25.7. The van der Waals surface area contributed by atoms with Gasteiger partial charge >= 0.3 is 0 Å². The molecule has 5 rings (SSSR count). The highest BCUT2D eigenvalue weighted by Crippen LogP contribution is 2.31. The minimum atomic E-state index is -0.689. The summed E-state index contributed by atoms with van der Waals surface area (Å²) in [5, 5.41) is 3.92.